The fraction of sp³-hybridized carbons (Fsp3) is 0.571. The summed E-state index contributed by atoms with van der Waals surface area (Å²) in [6.45, 7) is 0. The molecule has 98 valence electrons. The van der Waals surface area contributed by atoms with Crippen LogP contribution in [0.3, 0.4) is 0 Å². The molecular weight excluding hydrogens is 246 g/mol. The zero-order chi connectivity index (χ0) is 12.6. The molecule has 2 unspecified atom stereocenters. The van der Waals surface area contributed by atoms with Crippen molar-refractivity contribution in [1.82, 2.24) is 5.32 Å². The van der Waals surface area contributed by atoms with Crippen molar-refractivity contribution >= 4 is 9.84 Å². The molecule has 1 aromatic carbocycles. The van der Waals surface area contributed by atoms with Gasteiger partial charge in [-0.15, -0.1) is 0 Å². The number of sulfone groups is 1. The highest BCUT2D eigenvalue weighted by Crippen LogP contribution is 2.22. The van der Waals surface area contributed by atoms with E-state index in [1.165, 1.54) is 11.1 Å². The van der Waals surface area contributed by atoms with Gasteiger partial charge < -0.3 is 5.32 Å². The lowest BCUT2D eigenvalue weighted by molar-refractivity contribution is 0.410. The van der Waals surface area contributed by atoms with E-state index in [0.717, 1.165) is 25.7 Å². The summed E-state index contributed by atoms with van der Waals surface area (Å²) in [6.07, 6.45) is 4.04. The van der Waals surface area contributed by atoms with Crippen LogP contribution in [0.2, 0.25) is 0 Å². The summed E-state index contributed by atoms with van der Waals surface area (Å²) < 4.78 is 22.9. The van der Waals surface area contributed by atoms with Crippen LogP contribution < -0.4 is 5.32 Å². The van der Waals surface area contributed by atoms with Crippen molar-refractivity contribution < 1.29 is 8.42 Å². The van der Waals surface area contributed by atoms with Crippen LogP contribution in [0.25, 0.3) is 0 Å². The second kappa shape index (κ2) is 4.67. The highest BCUT2D eigenvalue weighted by molar-refractivity contribution is 7.91. The lowest BCUT2D eigenvalue weighted by Gasteiger charge is -2.27. The van der Waals surface area contributed by atoms with E-state index in [9.17, 15) is 8.42 Å². The average molecular weight is 265 g/mol. The Morgan fingerprint density at radius 3 is 2.56 bits per heavy atom. The minimum Gasteiger partial charge on any atom is -0.310 e. The Kier molecular flexibility index (Phi) is 3.16. The molecule has 0 radical (unpaired) electrons. The van der Waals surface area contributed by atoms with E-state index in [0.29, 0.717) is 17.5 Å². The number of aryl methyl sites for hydroxylation is 1. The quantitative estimate of drug-likeness (QED) is 0.877. The summed E-state index contributed by atoms with van der Waals surface area (Å²) in [7, 11) is -2.77. The normalized spacial score (nSPS) is 30.0. The fourth-order valence-electron chi connectivity index (χ4n) is 3.10. The molecule has 2 atom stereocenters. The van der Waals surface area contributed by atoms with E-state index >= 15 is 0 Å². The summed E-state index contributed by atoms with van der Waals surface area (Å²) in [6, 6.07) is 9.18. The molecule has 0 amide bonds. The van der Waals surface area contributed by atoms with E-state index in [1.54, 1.807) is 0 Å². The number of benzene rings is 1. The Balaban J connectivity index is 1.63. The minimum absolute atomic E-state index is 0.172. The largest absolute Gasteiger partial charge is 0.310 e. The van der Waals surface area contributed by atoms with Crippen molar-refractivity contribution in [2.75, 3.05) is 11.5 Å². The third-order valence-corrected chi connectivity index (χ3v) is 5.82. The van der Waals surface area contributed by atoms with Gasteiger partial charge in [0.1, 0.15) is 0 Å². The molecule has 0 aromatic heterocycles. The zero-order valence-electron chi connectivity index (χ0n) is 10.4. The first kappa shape index (κ1) is 12.2. The first-order valence-electron chi connectivity index (χ1n) is 6.66. The Labute approximate surface area is 109 Å². The summed E-state index contributed by atoms with van der Waals surface area (Å²) in [5.41, 5.74) is 2.87. The fourth-order valence-corrected chi connectivity index (χ4v) is 4.79. The van der Waals surface area contributed by atoms with Gasteiger partial charge in [0.05, 0.1) is 11.5 Å². The zero-order valence-corrected chi connectivity index (χ0v) is 11.2. The molecule has 3 nitrogen and oxygen atoms in total. The minimum atomic E-state index is -2.77. The van der Waals surface area contributed by atoms with Crippen molar-refractivity contribution in [2.45, 2.75) is 37.8 Å². The number of nitrogens with one attached hydrogen (secondary N) is 1. The van der Waals surface area contributed by atoms with Crippen LogP contribution in [0.15, 0.2) is 24.3 Å². The Hall–Kier alpha value is -0.870. The summed E-state index contributed by atoms with van der Waals surface area (Å²) >= 11 is 0. The highest BCUT2D eigenvalue weighted by atomic mass is 32.2. The van der Waals surface area contributed by atoms with E-state index in [4.69, 9.17) is 0 Å². The van der Waals surface area contributed by atoms with Crippen molar-refractivity contribution in [3.8, 4) is 0 Å². The van der Waals surface area contributed by atoms with Gasteiger partial charge in [-0.3, -0.25) is 0 Å². The smallest absolute Gasteiger partial charge is 0.151 e. The Morgan fingerprint density at radius 2 is 1.83 bits per heavy atom. The maximum atomic E-state index is 11.4. The summed E-state index contributed by atoms with van der Waals surface area (Å²) in [4.78, 5) is 0. The van der Waals surface area contributed by atoms with Crippen molar-refractivity contribution in [1.29, 1.82) is 0 Å². The average Bonchev–Trinajstić information content (AvgIpc) is 2.68. The molecular formula is C14H19NO2S. The van der Waals surface area contributed by atoms with Crippen molar-refractivity contribution in [3.05, 3.63) is 35.4 Å². The van der Waals surface area contributed by atoms with Crippen LogP contribution in [0, 0.1) is 0 Å². The molecule has 1 aromatic rings. The topological polar surface area (TPSA) is 46.2 Å². The standard InChI is InChI=1S/C14H19NO2S/c16-18(17)8-7-14(10-18)15-13-6-5-11-3-1-2-4-12(11)9-13/h1-4,13-15H,5-10H2. The molecule has 0 saturated carbocycles. The Bertz CT molecular complexity index is 538. The monoisotopic (exact) mass is 265 g/mol. The SMILES string of the molecule is O=S1(=O)CCC(NC2CCc3ccccc3C2)C1. The predicted molar refractivity (Wildman–Crippen MR) is 72.4 cm³/mol. The van der Waals surface area contributed by atoms with Crippen LogP contribution in [0.1, 0.15) is 24.0 Å². The molecule has 3 rings (SSSR count). The third-order valence-electron chi connectivity index (χ3n) is 4.05. The molecule has 1 aliphatic heterocycles. The van der Waals surface area contributed by atoms with Gasteiger partial charge in [0, 0.05) is 12.1 Å². The molecule has 1 heterocycles. The molecule has 1 fully saturated rings. The van der Waals surface area contributed by atoms with Crippen LogP contribution >= 0.6 is 0 Å². The molecule has 18 heavy (non-hydrogen) atoms. The van der Waals surface area contributed by atoms with Crippen molar-refractivity contribution in [3.63, 3.8) is 0 Å². The molecule has 0 bridgehead atoms. The molecule has 0 spiro atoms. The van der Waals surface area contributed by atoms with E-state index in [2.05, 4.69) is 29.6 Å². The first-order chi connectivity index (χ1) is 8.62. The van der Waals surface area contributed by atoms with Gasteiger partial charge in [0.25, 0.3) is 0 Å². The van der Waals surface area contributed by atoms with Gasteiger partial charge in [-0.1, -0.05) is 24.3 Å². The predicted octanol–water partition coefficient (Wildman–Crippen LogP) is 1.32. The third kappa shape index (κ3) is 2.59. The molecule has 2 aliphatic rings. The van der Waals surface area contributed by atoms with Crippen LogP contribution in [-0.4, -0.2) is 32.0 Å². The summed E-state index contributed by atoms with van der Waals surface area (Å²) in [5.74, 6) is 0.680. The van der Waals surface area contributed by atoms with Crippen LogP contribution in [0.4, 0.5) is 0 Å². The van der Waals surface area contributed by atoms with Gasteiger partial charge >= 0.3 is 0 Å². The Morgan fingerprint density at radius 1 is 1.06 bits per heavy atom. The number of rotatable bonds is 2. The van der Waals surface area contributed by atoms with E-state index < -0.39 is 9.84 Å². The number of hydrogen-bond acceptors (Lipinski definition) is 3. The maximum absolute atomic E-state index is 11.4. The van der Waals surface area contributed by atoms with E-state index in [1.807, 2.05) is 0 Å². The van der Waals surface area contributed by atoms with Gasteiger partial charge in [0.2, 0.25) is 0 Å². The van der Waals surface area contributed by atoms with Gasteiger partial charge in [0.15, 0.2) is 9.84 Å². The molecule has 1 N–H and O–H groups in total. The second-order valence-electron chi connectivity index (χ2n) is 5.48. The maximum Gasteiger partial charge on any atom is 0.151 e. The summed E-state index contributed by atoms with van der Waals surface area (Å²) in [5, 5.41) is 3.54. The lowest BCUT2D eigenvalue weighted by atomic mass is 9.88. The highest BCUT2D eigenvalue weighted by Gasteiger charge is 2.30. The van der Waals surface area contributed by atoms with Crippen LogP contribution in [0.5, 0.6) is 0 Å². The van der Waals surface area contributed by atoms with E-state index in [-0.39, 0.29) is 6.04 Å². The molecule has 4 heteroatoms. The van der Waals surface area contributed by atoms with Crippen LogP contribution in [-0.2, 0) is 22.7 Å². The van der Waals surface area contributed by atoms with Gasteiger partial charge in [-0.25, -0.2) is 8.42 Å². The molecule has 1 saturated heterocycles. The van der Waals surface area contributed by atoms with Crippen molar-refractivity contribution in [2.24, 2.45) is 0 Å². The molecule has 1 aliphatic carbocycles. The number of fused-ring (bicyclic) bond motifs is 1. The van der Waals surface area contributed by atoms with Gasteiger partial charge in [-0.2, -0.15) is 0 Å². The first-order valence-corrected chi connectivity index (χ1v) is 8.48. The number of hydrogen-bond donors (Lipinski definition) is 1. The van der Waals surface area contributed by atoms with Gasteiger partial charge in [-0.05, 0) is 36.8 Å². The second-order valence-corrected chi connectivity index (χ2v) is 7.70. The lowest BCUT2D eigenvalue weighted by Crippen LogP contribution is -2.42.